The van der Waals surface area contributed by atoms with Gasteiger partial charge in [-0.15, -0.1) is 0 Å². The van der Waals surface area contributed by atoms with Crippen molar-refractivity contribution in [1.29, 1.82) is 0 Å². The van der Waals surface area contributed by atoms with Crippen LogP contribution in [0.1, 0.15) is 206 Å². The van der Waals surface area contributed by atoms with E-state index in [0.29, 0.717) is 13.0 Å². The van der Waals surface area contributed by atoms with Gasteiger partial charge in [0.15, 0.2) is 6.29 Å². The van der Waals surface area contributed by atoms with Crippen molar-refractivity contribution in [2.45, 2.75) is 243 Å². The lowest BCUT2D eigenvalue weighted by Gasteiger charge is -2.39. The van der Waals surface area contributed by atoms with Gasteiger partial charge < -0.3 is 39.4 Å². The van der Waals surface area contributed by atoms with Gasteiger partial charge in [0.05, 0.1) is 19.8 Å². The van der Waals surface area contributed by atoms with E-state index in [1.54, 1.807) is 0 Å². The summed E-state index contributed by atoms with van der Waals surface area (Å²) in [6.07, 6.45) is 53.7. The Labute approximate surface area is 391 Å². The van der Waals surface area contributed by atoms with Gasteiger partial charge in [-0.25, -0.2) is 0 Å². The number of unbranched alkanes of at least 4 members (excludes halogenated alkanes) is 21. The topological polar surface area (TPSA) is 135 Å². The van der Waals surface area contributed by atoms with Gasteiger partial charge in [-0.1, -0.05) is 189 Å². The van der Waals surface area contributed by atoms with Gasteiger partial charge in [0.25, 0.3) is 0 Å². The van der Waals surface area contributed by atoms with Crippen LogP contribution in [0.2, 0.25) is 0 Å². The van der Waals surface area contributed by atoms with Crippen molar-refractivity contribution < 1.29 is 44.2 Å². The van der Waals surface area contributed by atoms with Crippen LogP contribution in [0, 0.1) is 0 Å². The molecular weight excluding hydrogens is 805 g/mol. The Morgan fingerprint density at radius 2 is 0.953 bits per heavy atom. The van der Waals surface area contributed by atoms with Gasteiger partial charge >= 0.3 is 5.97 Å². The first-order chi connectivity index (χ1) is 31.4. The SMILES string of the molecule is CC/C=C\C/C=C\C/C=C\C/C=C\C/C=C\CCCCOCC(COC1OC(CO)C(O)C(O)C1O)OC(=O)CCCCCCCCCCCCC/C=C\CCCCCCCCCC. The summed E-state index contributed by atoms with van der Waals surface area (Å²) < 4.78 is 22.8. The van der Waals surface area contributed by atoms with Gasteiger partial charge in [-0.05, 0) is 83.5 Å². The number of allylic oxidation sites excluding steroid dienone is 12. The number of hydrogen-bond donors (Lipinski definition) is 4. The summed E-state index contributed by atoms with van der Waals surface area (Å²) >= 11 is 0. The Morgan fingerprint density at radius 3 is 1.45 bits per heavy atom. The summed E-state index contributed by atoms with van der Waals surface area (Å²) in [7, 11) is 0. The fourth-order valence-corrected chi connectivity index (χ4v) is 7.57. The largest absolute Gasteiger partial charge is 0.457 e. The molecule has 370 valence electrons. The Hall–Kier alpha value is -2.37. The van der Waals surface area contributed by atoms with Gasteiger partial charge in [-0.3, -0.25) is 4.79 Å². The van der Waals surface area contributed by atoms with Crippen molar-refractivity contribution in [2.75, 3.05) is 26.4 Å². The molecule has 0 aliphatic carbocycles. The minimum atomic E-state index is -1.55. The third-order valence-corrected chi connectivity index (χ3v) is 11.6. The fraction of sp³-hybridized carbons (Fsp3) is 0.764. The number of aliphatic hydroxyl groups excluding tert-OH is 4. The molecule has 1 rings (SSSR count). The van der Waals surface area contributed by atoms with E-state index in [4.69, 9.17) is 18.9 Å². The minimum absolute atomic E-state index is 0.112. The van der Waals surface area contributed by atoms with Crippen molar-refractivity contribution >= 4 is 5.97 Å². The molecule has 1 aliphatic rings. The molecule has 6 atom stereocenters. The van der Waals surface area contributed by atoms with Crippen LogP contribution in [0.3, 0.4) is 0 Å². The highest BCUT2D eigenvalue weighted by atomic mass is 16.7. The molecule has 0 spiro atoms. The van der Waals surface area contributed by atoms with Crippen LogP contribution in [-0.2, 0) is 23.7 Å². The second-order valence-corrected chi connectivity index (χ2v) is 17.6. The summed E-state index contributed by atoms with van der Waals surface area (Å²) in [5.74, 6) is -0.330. The smallest absolute Gasteiger partial charge is 0.306 e. The lowest BCUT2D eigenvalue weighted by molar-refractivity contribution is -0.305. The Bertz CT molecular complexity index is 1210. The van der Waals surface area contributed by atoms with E-state index in [0.717, 1.165) is 70.6 Å². The highest BCUT2D eigenvalue weighted by molar-refractivity contribution is 5.69. The summed E-state index contributed by atoms with van der Waals surface area (Å²) in [6, 6.07) is 0. The maximum Gasteiger partial charge on any atom is 0.306 e. The number of carbonyl (C=O) groups excluding carboxylic acids is 1. The zero-order chi connectivity index (χ0) is 46.4. The molecule has 4 N–H and O–H groups in total. The Kier molecular flexibility index (Phi) is 42.7. The van der Waals surface area contributed by atoms with Crippen molar-refractivity contribution in [2.24, 2.45) is 0 Å². The first-order valence-corrected chi connectivity index (χ1v) is 26.0. The van der Waals surface area contributed by atoms with E-state index in [9.17, 15) is 25.2 Å². The molecule has 6 unspecified atom stereocenters. The summed E-state index contributed by atoms with van der Waals surface area (Å²) in [4.78, 5) is 12.8. The van der Waals surface area contributed by atoms with Gasteiger partial charge in [-0.2, -0.15) is 0 Å². The minimum Gasteiger partial charge on any atom is -0.457 e. The van der Waals surface area contributed by atoms with E-state index in [1.165, 1.54) is 116 Å². The molecule has 9 nitrogen and oxygen atoms in total. The van der Waals surface area contributed by atoms with Crippen LogP contribution < -0.4 is 0 Å². The van der Waals surface area contributed by atoms with Gasteiger partial charge in [0.2, 0.25) is 0 Å². The molecule has 0 bridgehead atoms. The van der Waals surface area contributed by atoms with Crippen LogP contribution in [0.15, 0.2) is 72.9 Å². The van der Waals surface area contributed by atoms with Crippen LogP contribution in [0.4, 0.5) is 0 Å². The molecule has 1 fully saturated rings. The lowest BCUT2D eigenvalue weighted by atomic mass is 9.99. The molecule has 64 heavy (non-hydrogen) atoms. The van der Waals surface area contributed by atoms with E-state index in [-0.39, 0.29) is 19.2 Å². The van der Waals surface area contributed by atoms with E-state index < -0.39 is 43.4 Å². The molecule has 0 saturated carbocycles. The molecule has 9 heteroatoms. The molecular formula is C55H96O9. The number of ether oxygens (including phenoxy) is 4. The first-order valence-electron chi connectivity index (χ1n) is 26.0. The van der Waals surface area contributed by atoms with Gasteiger partial charge in [0, 0.05) is 13.0 Å². The second-order valence-electron chi connectivity index (χ2n) is 17.6. The summed E-state index contributed by atoms with van der Waals surface area (Å²) in [5.41, 5.74) is 0. The highest BCUT2D eigenvalue weighted by Gasteiger charge is 2.44. The van der Waals surface area contributed by atoms with Crippen LogP contribution >= 0.6 is 0 Å². The highest BCUT2D eigenvalue weighted by Crippen LogP contribution is 2.23. The first kappa shape index (κ1) is 59.6. The average Bonchev–Trinajstić information content (AvgIpc) is 3.30. The standard InChI is InChI=1S/C55H96O9/c1-3-5-7-9-11-13-15-17-19-21-23-24-25-26-27-28-30-32-34-36-38-40-42-44-51(57)63-49(48-62-55-54(60)53(59)52(58)50(46-56)64-55)47-61-45-43-41-39-37-35-33-31-29-22-20-18-16-14-12-10-8-6-4-2/h6,8,12,14,18,20-21,23,29,31,35,37,49-50,52-56,58-60H,3-5,7,9-11,13,15-17,19,22,24-28,30,32-34,36,38-48H2,1-2H3/b8-6-,14-12-,20-18-,23-21-,31-29-,37-35-. The van der Waals surface area contributed by atoms with Gasteiger partial charge in [0.1, 0.15) is 30.5 Å². The van der Waals surface area contributed by atoms with Crippen LogP contribution in [0.5, 0.6) is 0 Å². The average molecular weight is 901 g/mol. The van der Waals surface area contributed by atoms with Crippen molar-refractivity contribution in [3.8, 4) is 0 Å². The number of hydrogen-bond acceptors (Lipinski definition) is 9. The molecule has 0 aromatic carbocycles. The van der Waals surface area contributed by atoms with Crippen molar-refractivity contribution in [1.82, 2.24) is 0 Å². The number of carbonyl (C=O) groups is 1. The number of esters is 1. The van der Waals surface area contributed by atoms with E-state index >= 15 is 0 Å². The monoisotopic (exact) mass is 901 g/mol. The third-order valence-electron chi connectivity index (χ3n) is 11.6. The Morgan fingerprint density at radius 1 is 0.516 bits per heavy atom. The van der Waals surface area contributed by atoms with Crippen LogP contribution in [-0.4, -0.2) is 89.6 Å². The molecule has 0 aromatic rings. The molecule has 1 aliphatic heterocycles. The normalized spacial score (nSPS) is 20.1. The predicted octanol–water partition coefficient (Wildman–Crippen LogP) is 12.8. The molecule has 0 aromatic heterocycles. The quantitative estimate of drug-likeness (QED) is 0.0268. The third kappa shape index (κ3) is 35.8. The number of aliphatic hydroxyl groups is 4. The maximum absolute atomic E-state index is 12.8. The predicted molar refractivity (Wildman–Crippen MR) is 265 cm³/mol. The molecule has 1 heterocycles. The molecule has 0 radical (unpaired) electrons. The fourth-order valence-electron chi connectivity index (χ4n) is 7.57. The maximum atomic E-state index is 12.8. The van der Waals surface area contributed by atoms with E-state index in [2.05, 4.69) is 86.8 Å². The molecule has 0 amide bonds. The second kappa shape index (κ2) is 45.8. The number of rotatable bonds is 44. The van der Waals surface area contributed by atoms with Crippen molar-refractivity contribution in [3.05, 3.63) is 72.9 Å². The Balaban J connectivity index is 2.23. The summed E-state index contributed by atoms with van der Waals surface area (Å²) in [6.45, 7) is 4.35. The van der Waals surface area contributed by atoms with Crippen LogP contribution in [0.25, 0.3) is 0 Å². The zero-order valence-electron chi connectivity index (χ0n) is 40.8. The van der Waals surface area contributed by atoms with Crippen molar-refractivity contribution in [3.63, 3.8) is 0 Å². The van der Waals surface area contributed by atoms with E-state index in [1.807, 2.05) is 0 Å². The zero-order valence-corrected chi connectivity index (χ0v) is 40.8. The molecule has 1 saturated heterocycles. The lowest BCUT2D eigenvalue weighted by Crippen LogP contribution is -2.59. The summed E-state index contributed by atoms with van der Waals surface area (Å²) in [5, 5.41) is 40.2.